The summed E-state index contributed by atoms with van der Waals surface area (Å²) in [5.74, 6) is 0.152. The molecule has 1 unspecified atom stereocenters. The molecule has 0 aromatic carbocycles. The van der Waals surface area contributed by atoms with Crippen LogP contribution in [0.2, 0.25) is 0 Å². The van der Waals surface area contributed by atoms with Gasteiger partial charge in [0, 0.05) is 5.38 Å². The van der Waals surface area contributed by atoms with Gasteiger partial charge in [-0.25, -0.2) is 4.98 Å². The zero-order chi connectivity index (χ0) is 12.4. The minimum atomic E-state index is -0.830. The lowest BCUT2D eigenvalue weighted by molar-refractivity contribution is -0.138. The van der Waals surface area contributed by atoms with Gasteiger partial charge in [-0.1, -0.05) is 6.92 Å². The van der Waals surface area contributed by atoms with Crippen LogP contribution in [-0.2, 0) is 4.79 Å². The number of carboxylic acids is 1. The number of aromatic nitrogens is 1. The van der Waals surface area contributed by atoms with Gasteiger partial charge in [-0.3, -0.25) is 4.79 Å². The van der Waals surface area contributed by atoms with Gasteiger partial charge in [-0.15, -0.1) is 11.3 Å². The normalized spacial score (nSPS) is 12.6. The Morgan fingerprint density at radius 1 is 1.59 bits per heavy atom. The Morgan fingerprint density at radius 3 is 2.88 bits per heavy atom. The summed E-state index contributed by atoms with van der Waals surface area (Å²) in [6.45, 7) is 3.71. The molecule has 0 saturated carbocycles. The second kappa shape index (κ2) is 4.71. The van der Waals surface area contributed by atoms with Gasteiger partial charge in [0.1, 0.15) is 22.4 Å². The van der Waals surface area contributed by atoms with Crippen LogP contribution < -0.4 is 0 Å². The van der Waals surface area contributed by atoms with Crippen molar-refractivity contribution in [2.75, 3.05) is 0 Å². The van der Waals surface area contributed by atoms with Crippen molar-refractivity contribution in [2.45, 2.75) is 26.2 Å². The average molecular weight is 251 g/mol. The van der Waals surface area contributed by atoms with Crippen LogP contribution in [0.15, 0.2) is 21.9 Å². The lowest BCUT2D eigenvalue weighted by atomic mass is 10.1. The number of rotatable bonds is 4. The van der Waals surface area contributed by atoms with E-state index in [2.05, 4.69) is 4.98 Å². The number of furan rings is 1. The van der Waals surface area contributed by atoms with Gasteiger partial charge in [0.15, 0.2) is 5.76 Å². The summed E-state index contributed by atoms with van der Waals surface area (Å²) in [5, 5.41) is 11.5. The second-order valence-electron chi connectivity index (χ2n) is 3.78. The van der Waals surface area contributed by atoms with Gasteiger partial charge in [-0.2, -0.15) is 0 Å². The fourth-order valence-corrected chi connectivity index (χ4v) is 2.57. The molecule has 0 saturated heterocycles. The lowest BCUT2D eigenvalue weighted by Crippen LogP contribution is -2.09. The third kappa shape index (κ3) is 2.39. The minimum Gasteiger partial charge on any atom is -0.481 e. The Balaban J connectivity index is 2.29. The average Bonchev–Trinajstić information content (AvgIpc) is 2.87. The SMILES string of the molecule is CCC(C(=O)O)c1nc(-c2ccc(C)o2)cs1. The summed E-state index contributed by atoms with van der Waals surface area (Å²) < 4.78 is 5.45. The number of thiazole rings is 1. The molecule has 0 aliphatic carbocycles. The van der Waals surface area contributed by atoms with Crippen LogP contribution in [0.3, 0.4) is 0 Å². The van der Waals surface area contributed by atoms with Crippen molar-refractivity contribution in [1.82, 2.24) is 4.98 Å². The van der Waals surface area contributed by atoms with Gasteiger partial charge in [0.25, 0.3) is 0 Å². The van der Waals surface area contributed by atoms with E-state index in [1.54, 1.807) is 0 Å². The number of hydrogen-bond acceptors (Lipinski definition) is 4. The standard InChI is InChI=1S/C12H13NO3S/c1-3-8(12(14)15)11-13-9(6-17-11)10-5-4-7(2)16-10/h4-6,8H,3H2,1-2H3,(H,14,15). The summed E-state index contributed by atoms with van der Waals surface area (Å²) in [6, 6.07) is 3.71. The molecule has 5 heteroatoms. The molecular weight excluding hydrogens is 238 g/mol. The van der Waals surface area contributed by atoms with Crippen LogP contribution in [0, 0.1) is 6.92 Å². The highest BCUT2D eigenvalue weighted by molar-refractivity contribution is 7.10. The summed E-state index contributed by atoms with van der Waals surface area (Å²) in [7, 11) is 0. The smallest absolute Gasteiger partial charge is 0.313 e. The van der Waals surface area contributed by atoms with Crippen molar-refractivity contribution in [3.05, 3.63) is 28.3 Å². The Labute approximate surface area is 103 Å². The Kier molecular flexibility index (Phi) is 3.28. The first-order chi connectivity index (χ1) is 8.11. The number of aliphatic carboxylic acids is 1. The molecule has 17 heavy (non-hydrogen) atoms. The summed E-state index contributed by atoms with van der Waals surface area (Å²) >= 11 is 1.36. The van der Waals surface area contributed by atoms with Crippen LogP contribution in [-0.4, -0.2) is 16.1 Å². The molecule has 0 fully saturated rings. The van der Waals surface area contributed by atoms with Crippen LogP contribution in [0.5, 0.6) is 0 Å². The van der Waals surface area contributed by atoms with Gasteiger partial charge in [0.2, 0.25) is 0 Å². The lowest BCUT2D eigenvalue weighted by Gasteiger charge is -2.04. The number of carboxylic acid groups (broad SMARTS) is 1. The number of hydrogen-bond donors (Lipinski definition) is 1. The Morgan fingerprint density at radius 2 is 2.35 bits per heavy atom. The minimum absolute atomic E-state index is 0.523. The van der Waals surface area contributed by atoms with E-state index in [1.807, 2.05) is 31.4 Å². The largest absolute Gasteiger partial charge is 0.481 e. The number of nitrogens with zero attached hydrogens (tertiary/aromatic N) is 1. The zero-order valence-electron chi connectivity index (χ0n) is 9.64. The molecule has 2 heterocycles. The molecule has 0 bridgehead atoms. The molecule has 1 N–H and O–H groups in total. The van der Waals surface area contributed by atoms with Crippen LogP contribution >= 0.6 is 11.3 Å². The summed E-state index contributed by atoms with van der Waals surface area (Å²) in [5.41, 5.74) is 0.706. The first-order valence-corrected chi connectivity index (χ1v) is 6.24. The van der Waals surface area contributed by atoms with E-state index in [0.717, 1.165) is 5.76 Å². The van der Waals surface area contributed by atoms with E-state index < -0.39 is 11.9 Å². The highest BCUT2D eigenvalue weighted by Crippen LogP contribution is 2.29. The van der Waals surface area contributed by atoms with Crippen molar-refractivity contribution in [1.29, 1.82) is 0 Å². The molecule has 1 atom stereocenters. The van der Waals surface area contributed by atoms with Gasteiger partial charge in [0.05, 0.1) is 0 Å². The Bertz CT molecular complexity index is 529. The Hall–Kier alpha value is -1.62. The maximum absolute atomic E-state index is 11.0. The molecule has 90 valence electrons. The molecular formula is C12H13NO3S. The molecule has 0 radical (unpaired) electrons. The van der Waals surface area contributed by atoms with Crippen molar-refractivity contribution < 1.29 is 14.3 Å². The molecule has 2 rings (SSSR count). The quantitative estimate of drug-likeness (QED) is 0.905. The van der Waals surface area contributed by atoms with E-state index in [0.29, 0.717) is 22.9 Å². The van der Waals surface area contributed by atoms with Gasteiger partial charge >= 0.3 is 5.97 Å². The van der Waals surface area contributed by atoms with Crippen LogP contribution in [0.25, 0.3) is 11.5 Å². The first-order valence-electron chi connectivity index (χ1n) is 5.37. The van der Waals surface area contributed by atoms with E-state index in [1.165, 1.54) is 11.3 Å². The first kappa shape index (κ1) is 11.9. The summed E-state index contributed by atoms with van der Waals surface area (Å²) in [4.78, 5) is 15.4. The topological polar surface area (TPSA) is 63.3 Å². The molecule has 0 amide bonds. The van der Waals surface area contributed by atoms with Crippen LogP contribution in [0.4, 0.5) is 0 Å². The third-order valence-electron chi connectivity index (χ3n) is 2.52. The molecule has 0 spiro atoms. The van der Waals surface area contributed by atoms with Gasteiger partial charge < -0.3 is 9.52 Å². The highest BCUT2D eigenvalue weighted by atomic mass is 32.1. The third-order valence-corrected chi connectivity index (χ3v) is 3.48. The second-order valence-corrected chi connectivity index (χ2v) is 4.67. The summed E-state index contributed by atoms with van der Waals surface area (Å²) in [6.07, 6.45) is 0.541. The molecule has 0 aliphatic heterocycles. The fourth-order valence-electron chi connectivity index (χ4n) is 1.59. The van der Waals surface area contributed by atoms with Crippen molar-refractivity contribution in [2.24, 2.45) is 0 Å². The maximum atomic E-state index is 11.0. The van der Waals surface area contributed by atoms with Crippen LogP contribution in [0.1, 0.15) is 30.0 Å². The molecule has 2 aromatic heterocycles. The van der Waals surface area contributed by atoms with Gasteiger partial charge in [-0.05, 0) is 25.5 Å². The number of aryl methyl sites for hydroxylation is 1. The maximum Gasteiger partial charge on any atom is 0.313 e. The molecule has 4 nitrogen and oxygen atoms in total. The van der Waals surface area contributed by atoms with E-state index in [-0.39, 0.29) is 0 Å². The van der Waals surface area contributed by atoms with Crippen molar-refractivity contribution >= 4 is 17.3 Å². The van der Waals surface area contributed by atoms with E-state index in [9.17, 15) is 4.79 Å². The number of carbonyl (C=O) groups is 1. The monoisotopic (exact) mass is 251 g/mol. The predicted molar refractivity (Wildman–Crippen MR) is 65.2 cm³/mol. The highest BCUT2D eigenvalue weighted by Gasteiger charge is 2.21. The van der Waals surface area contributed by atoms with Crippen molar-refractivity contribution in [3.8, 4) is 11.5 Å². The van der Waals surface area contributed by atoms with E-state index in [4.69, 9.17) is 9.52 Å². The predicted octanol–water partition coefficient (Wildman–Crippen LogP) is 3.29. The van der Waals surface area contributed by atoms with Crippen molar-refractivity contribution in [3.63, 3.8) is 0 Å². The zero-order valence-corrected chi connectivity index (χ0v) is 10.5. The molecule has 0 aliphatic rings. The molecule has 2 aromatic rings. The van der Waals surface area contributed by atoms with E-state index >= 15 is 0 Å². The fraction of sp³-hybridized carbons (Fsp3) is 0.333.